The summed E-state index contributed by atoms with van der Waals surface area (Å²) in [7, 11) is -3.07. The minimum absolute atomic E-state index is 0.0577. The van der Waals surface area contributed by atoms with Gasteiger partial charge in [-0.3, -0.25) is 19.4 Å². The number of carbonyl (C=O) groups is 1. The van der Waals surface area contributed by atoms with Crippen LogP contribution in [0.15, 0.2) is 42.3 Å². The molecule has 4 heterocycles. The molecule has 1 N–H and O–H groups in total. The highest BCUT2D eigenvalue weighted by Crippen LogP contribution is 2.33. The molecule has 1 saturated heterocycles. The zero-order valence-electron chi connectivity index (χ0n) is 15.0. The van der Waals surface area contributed by atoms with Gasteiger partial charge in [0.2, 0.25) is 5.91 Å². The first-order valence-electron chi connectivity index (χ1n) is 8.88. The Kier molecular flexibility index (Phi) is 5.23. The highest BCUT2D eigenvalue weighted by Gasteiger charge is 2.32. The van der Waals surface area contributed by atoms with Gasteiger partial charge in [-0.2, -0.15) is 5.10 Å². The van der Waals surface area contributed by atoms with Crippen molar-refractivity contribution < 1.29 is 13.2 Å². The lowest BCUT2D eigenvalue weighted by atomic mass is 10.1. The molecule has 0 unspecified atom stereocenters. The predicted octanol–water partition coefficient (Wildman–Crippen LogP) is 1.62. The fourth-order valence-electron chi connectivity index (χ4n) is 3.28. The maximum absolute atomic E-state index is 12.2. The molecule has 0 radical (unpaired) electrons. The minimum Gasteiger partial charge on any atom is -0.354 e. The van der Waals surface area contributed by atoms with Crippen LogP contribution < -0.4 is 5.32 Å². The van der Waals surface area contributed by atoms with Gasteiger partial charge in [-0.25, -0.2) is 8.42 Å². The van der Waals surface area contributed by atoms with Crippen molar-refractivity contribution in [2.75, 3.05) is 18.1 Å². The molecule has 0 bridgehead atoms. The third kappa shape index (κ3) is 3.97. The number of rotatable bonds is 6. The lowest BCUT2D eigenvalue weighted by Crippen LogP contribution is -2.33. The Labute approximate surface area is 166 Å². The van der Waals surface area contributed by atoms with Gasteiger partial charge < -0.3 is 5.32 Å². The van der Waals surface area contributed by atoms with Crippen molar-refractivity contribution in [2.24, 2.45) is 5.92 Å². The molecular weight excluding hydrogens is 398 g/mol. The van der Waals surface area contributed by atoms with E-state index in [0.717, 1.165) is 21.8 Å². The molecule has 10 heteroatoms. The van der Waals surface area contributed by atoms with Gasteiger partial charge in [-0.05, 0) is 17.9 Å². The van der Waals surface area contributed by atoms with Crippen LogP contribution in [-0.2, 0) is 21.2 Å². The normalized spacial score (nSPS) is 18.2. The Bertz CT molecular complexity index is 1060. The summed E-state index contributed by atoms with van der Waals surface area (Å²) >= 11 is 1.60. The first kappa shape index (κ1) is 18.8. The standard InChI is InChI=1S/C18H19N5O3S2/c24-18(13-3-9-28(25,26)12-13)21-6-7-23-17(16-2-1-8-27-16)14(10-22-23)15-11-19-4-5-20-15/h1-2,4-5,8,10-11,13H,3,6-7,9,12H2,(H,21,24)/t13-/m1/s1. The number of carbonyl (C=O) groups excluding carboxylic acids is 1. The smallest absolute Gasteiger partial charge is 0.224 e. The third-order valence-electron chi connectivity index (χ3n) is 4.66. The van der Waals surface area contributed by atoms with Gasteiger partial charge in [0.15, 0.2) is 9.84 Å². The van der Waals surface area contributed by atoms with E-state index < -0.39 is 15.8 Å². The number of amides is 1. The minimum atomic E-state index is -3.07. The van der Waals surface area contributed by atoms with Gasteiger partial charge in [-0.1, -0.05) is 6.07 Å². The molecule has 1 amide bonds. The number of hydrogen-bond acceptors (Lipinski definition) is 7. The van der Waals surface area contributed by atoms with Crippen molar-refractivity contribution in [3.63, 3.8) is 0 Å². The van der Waals surface area contributed by atoms with Gasteiger partial charge >= 0.3 is 0 Å². The number of hydrogen-bond donors (Lipinski definition) is 1. The summed E-state index contributed by atoms with van der Waals surface area (Å²) in [6.45, 7) is 0.841. The number of nitrogens with one attached hydrogen (secondary N) is 1. The topological polar surface area (TPSA) is 107 Å². The summed E-state index contributed by atoms with van der Waals surface area (Å²) in [5.41, 5.74) is 2.54. The summed E-state index contributed by atoms with van der Waals surface area (Å²) in [5, 5.41) is 9.31. The maximum Gasteiger partial charge on any atom is 0.224 e. The molecule has 1 aliphatic heterocycles. The van der Waals surface area contributed by atoms with Crippen LogP contribution in [0.1, 0.15) is 6.42 Å². The van der Waals surface area contributed by atoms with Crippen molar-refractivity contribution in [1.29, 1.82) is 0 Å². The van der Waals surface area contributed by atoms with Crippen LogP contribution in [0.2, 0.25) is 0 Å². The number of aromatic nitrogens is 4. The van der Waals surface area contributed by atoms with Crippen molar-refractivity contribution >= 4 is 27.1 Å². The number of thiophene rings is 1. The Morgan fingerprint density at radius 3 is 2.89 bits per heavy atom. The molecule has 0 spiro atoms. The zero-order valence-corrected chi connectivity index (χ0v) is 16.6. The molecule has 146 valence electrons. The van der Waals surface area contributed by atoms with E-state index in [-0.39, 0.29) is 17.4 Å². The van der Waals surface area contributed by atoms with Crippen LogP contribution in [-0.4, -0.2) is 52.1 Å². The summed E-state index contributed by atoms with van der Waals surface area (Å²) in [5.74, 6) is -0.624. The number of nitrogens with zero attached hydrogens (tertiary/aromatic N) is 4. The summed E-state index contributed by atoms with van der Waals surface area (Å²) < 4.78 is 24.9. The average molecular weight is 418 g/mol. The van der Waals surface area contributed by atoms with Gasteiger partial charge in [0.1, 0.15) is 0 Å². The number of sulfone groups is 1. The highest BCUT2D eigenvalue weighted by atomic mass is 32.2. The largest absolute Gasteiger partial charge is 0.354 e. The second-order valence-electron chi connectivity index (χ2n) is 6.59. The molecular formula is C18H19N5O3S2. The molecule has 0 saturated carbocycles. The molecule has 4 rings (SSSR count). The van der Waals surface area contributed by atoms with E-state index in [1.807, 2.05) is 22.2 Å². The van der Waals surface area contributed by atoms with Crippen molar-refractivity contribution in [3.05, 3.63) is 42.3 Å². The Balaban J connectivity index is 1.49. The van der Waals surface area contributed by atoms with E-state index >= 15 is 0 Å². The van der Waals surface area contributed by atoms with Crippen molar-refractivity contribution in [2.45, 2.75) is 13.0 Å². The molecule has 1 atom stereocenters. The highest BCUT2D eigenvalue weighted by molar-refractivity contribution is 7.91. The van der Waals surface area contributed by atoms with Gasteiger partial charge in [0.25, 0.3) is 0 Å². The molecule has 1 fully saturated rings. The SMILES string of the molecule is O=C(NCCn1ncc(-c2cnccn2)c1-c1cccs1)[C@@H]1CCS(=O)(=O)C1. The predicted molar refractivity (Wildman–Crippen MR) is 106 cm³/mol. The van der Waals surface area contributed by atoms with Crippen LogP contribution in [0.25, 0.3) is 21.8 Å². The van der Waals surface area contributed by atoms with E-state index in [0.29, 0.717) is 19.5 Å². The van der Waals surface area contributed by atoms with Gasteiger partial charge in [-0.15, -0.1) is 11.3 Å². The zero-order chi connectivity index (χ0) is 19.6. The summed E-state index contributed by atoms with van der Waals surface area (Å²) in [4.78, 5) is 21.8. The molecule has 0 aliphatic carbocycles. The van der Waals surface area contributed by atoms with Crippen LogP contribution >= 0.6 is 11.3 Å². The molecule has 8 nitrogen and oxygen atoms in total. The lowest BCUT2D eigenvalue weighted by molar-refractivity contribution is -0.124. The van der Waals surface area contributed by atoms with Gasteiger partial charge in [0.05, 0.1) is 52.6 Å². The van der Waals surface area contributed by atoms with E-state index in [1.54, 1.807) is 36.1 Å². The Morgan fingerprint density at radius 2 is 2.21 bits per heavy atom. The quantitative estimate of drug-likeness (QED) is 0.653. The second kappa shape index (κ2) is 7.80. The molecule has 3 aromatic heterocycles. The van der Waals surface area contributed by atoms with Crippen molar-refractivity contribution in [1.82, 2.24) is 25.1 Å². The average Bonchev–Trinajstić information content (AvgIpc) is 3.41. The second-order valence-corrected chi connectivity index (χ2v) is 9.77. The van der Waals surface area contributed by atoms with Crippen molar-refractivity contribution in [3.8, 4) is 21.8 Å². The lowest BCUT2D eigenvalue weighted by Gasteiger charge is -2.11. The van der Waals surface area contributed by atoms with E-state index in [9.17, 15) is 13.2 Å². The van der Waals surface area contributed by atoms with E-state index in [4.69, 9.17) is 0 Å². The molecule has 0 aromatic carbocycles. The first-order chi connectivity index (χ1) is 13.5. The van der Waals surface area contributed by atoms with E-state index in [1.165, 1.54) is 0 Å². The van der Waals surface area contributed by atoms with Crippen LogP contribution in [0, 0.1) is 5.92 Å². The monoisotopic (exact) mass is 417 g/mol. The Morgan fingerprint density at radius 1 is 1.32 bits per heavy atom. The summed E-state index contributed by atoms with van der Waals surface area (Å²) in [6.07, 6.45) is 7.11. The first-order valence-corrected chi connectivity index (χ1v) is 11.6. The fraction of sp³-hybridized carbons (Fsp3) is 0.333. The fourth-order valence-corrected chi connectivity index (χ4v) is 5.81. The maximum atomic E-state index is 12.2. The van der Waals surface area contributed by atoms with Crippen LogP contribution in [0.4, 0.5) is 0 Å². The van der Waals surface area contributed by atoms with Crippen LogP contribution in [0.5, 0.6) is 0 Å². The third-order valence-corrected chi connectivity index (χ3v) is 7.30. The van der Waals surface area contributed by atoms with Gasteiger partial charge in [0, 0.05) is 24.5 Å². The Hall–Kier alpha value is -2.59. The van der Waals surface area contributed by atoms with E-state index in [2.05, 4.69) is 20.4 Å². The molecule has 1 aliphatic rings. The molecule has 28 heavy (non-hydrogen) atoms. The van der Waals surface area contributed by atoms with Crippen LogP contribution in [0.3, 0.4) is 0 Å². The molecule has 3 aromatic rings. The summed E-state index contributed by atoms with van der Waals surface area (Å²) in [6, 6.07) is 3.99.